The first-order chi connectivity index (χ1) is 4.74. The largest absolute Gasteiger partial charge is 0.363 e. The van der Waals surface area contributed by atoms with Crippen molar-refractivity contribution in [1.29, 1.82) is 0 Å². The minimum Gasteiger partial charge on any atom is -0.0707 e. The maximum atomic E-state index is 10.5. The first-order valence-electron chi connectivity index (χ1n) is 3.19. The third kappa shape index (κ3) is 1.43. The molecule has 0 bridgehead atoms. The maximum Gasteiger partial charge on any atom is 0.363 e. The minimum atomic E-state index is -0.325. The second kappa shape index (κ2) is 2.94. The first kappa shape index (κ1) is 7.43. The fourth-order valence-electron chi connectivity index (χ4n) is 0.846. The topological polar surface area (TPSA) is 17.1 Å². The highest BCUT2D eigenvalue weighted by atomic mass is 31.1. The van der Waals surface area contributed by atoms with Crippen molar-refractivity contribution in [3.8, 4) is 0 Å². The average Bonchev–Trinajstić information content (AvgIpc) is 1.94. The van der Waals surface area contributed by atoms with Crippen LogP contribution in [0.5, 0.6) is 0 Å². The molecule has 0 fully saturated rings. The van der Waals surface area contributed by atoms with E-state index in [2.05, 4.69) is 0 Å². The Labute approximate surface area is 62.3 Å². The molecular formula is C8H10OP+. The van der Waals surface area contributed by atoms with E-state index in [0.717, 1.165) is 10.9 Å². The van der Waals surface area contributed by atoms with Gasteiger partial charge in [0.2, 0.25) is 0 Å². The van der Waals surface area contributed by atoms with Crippen LogP contribution in [-0.2, 0) is 4.57 Å². The Morgan fingerprint density at radius 2 is 2.00 bits per heavy atom. The Morgan fingerprint density at radius 1 is 1.30 bits per heavy atom. The van der Waals surface area contributed by atoms with E-state index in [1.165, 1.54) is 5.56 Å². The molecule has 10 heavy (non-hydrogen) atoms. The summed E-state index contributed by atoms with van der Waals surface area (Å²) in [5.41, 5.74) is 2.28. The van der Waals surface area contributed by atoms with Gasteiger partial charge >= 0.3 is 8.46 Å². The molecule has 1 unspecified atom stereocenters. The molecule has 0 aliphatic carbocycles. The molecule has 0 aromatic heterocycles. The molecular weight excluding hydrogens is 143 g/mol. The van der Waals surface area contributed by atoms with Crippen LogP contribution in [0.2, 0.25) is 0 Å². The molecule has 52 valence electrons. The van der Waals surface area contributed by atoms with Crippen molar-refractivity contribution < 1.29 is 4.57 Å². The molecule has 1 aromatic carbocycles. The molecule has 0 saturated heterocycles. The maximum absolute atomic E-state index is 10.5. The zero-order valence-electron chi connectivity index (χ0n) is 6.14. The van der Waals surface area contributed by atoms with Crippen LogP contribution in [0.15, 0.2) is 18.2 Å². The number of rotatable bonds is 1. The molecule has 0 aliphatic heterocycles. The number of hydrogen-bond acceptors (Lipinski definition) is 1. The van der Waals surface area contributed by atoms with Gasteiger partial charge in [-0.2, -0.15) is 0 Å². The second-order valence-electron chi connectivity index (χ2n) is 2.42. The van der Waals surface area contributed by atoms with Gasteiger partial charge in [0.1, 0.15) is 0 Å². The van der Waals surface area contributed by atoms with Crippen LogP contribution in [-0.4, -0.2) is 0 Å². The van der Waals surface area contributed by atoms with Gasteiger partial charge in [0.15, 0.2) is 5.30 Å². The molecule has 2 heteroatoms. The van der Waals surface area contributed by atoms with Crippen LogP contribution in [0.3, 0.4) is 0 Å². The Kier molecular flexibility index (Phi) is 2.18. The van der Waals surface area contributed by atoms with Gasteiger partial charge in [-0.1, -0.05) is 16.7 Å². The Bertz CT molecular complexity index is 255. The smallest absolute Gasteiger partial charge is 0.0707 e. The standard InChI is InChI=1S/C8H9OP/c1-6-3-4-7(2)8(5-6)10-9/h3-5H,1-2H3/p+1. The van der Waals surface area contributed by atoms with Gasteiger partial charge in [-0.3, -0.25) is 0 Å². The molecule has 1 aromatic rings. The van der Waals surface area contributed by atoms with E-state index in [9.17, 15) is 4.57 Å². The van der Waals surface area contributed by atoms with Crippen LogP contribution in [0.25, 0.3) is 0 Å². The lowest BCUT2D eigenvalue weighted by Gasteiger charge is -1.91. The second-order valence-corrected chi connectivity index (χ2v) is 3.16. The predicted octanol–water partition coefficient (Wildman–Crippen LogP) is 1.95. The summed E-state index contributed by atoms with van der Waals surface area (Å²) in [7, 11) is -0.325. The molecule has 1 rings (SSSR count). The lowest BCUT2D eigenvalue weighted by molar-refractivity contribution is 0.603. The molecule has 1 atom stereocenters. The summed E-state index contributed by atoms with van der Waals surface area (Å²) >= 11 is 0. The summed E-state index contributed by atoms with van der Waals surface area (Å²) < 4.78 is 10.5. The van der Waals surface area contributed by atoms with Crippen molar-refractivity contribution in [3.63, 3.8) is 0 Å². The molecule has 0 heterocycles. The van der Waals surface area contributed by atoms with Crippen LogP contribution in [0.4, 0.5) is 0 Å². The molecule has 0 saturated carbocycles. The highest BCUT2D eigenvalue weighted by molar-refractivity contribution is 7.34. The van der Waals surface area contributed by atoms with Crippen LogP contribution >= 0.6 is 8.46 Å². The van der Waals surface area contributed by atoms with Crippen molar-refractivity contribution in [2.75, 3.05) is 0 Å². The normalized spacial score (nSPS) is 10.2. The number of aryl methyl sites for hydroxylation is 2. The zero-order valence-corrected chi connectivity index (χ0v) is 7.14. The molecule has 0 radical (unpaired) electrons. The summed E-state index contributed by atoms with van der Waals surface area (Å²) in [6.07, 6.45) is 0. The van der Waals surface area contributed by atoms with E-state index in [0.29, 0.717) is 0 Å². The Morgan fingerprint density at radius 3 is 2.50 bits per heavy atom. The van der Waals surface area contributed by atoms with Crippen LogP contribution < -0.4 is 5.30 Å². The van der Waals surface area contributed by atoms with Gasteiger partial charge in [-0.05, 0) is 25.5 Å². The van der Waals surface area contributed by atoms with Gasteiger partial charge in [0, 0.05) is 5.56 Å². The lowest BCUT2D eigenvalue weighted by atomic mass is 10.2. The summed E-state index contributed by atoms with van der Waals surface area (Å²) in [6, 6.07) is 5.98. The van der Waals surface area contributed by atoms with Crippen molar-refractivity contribution >= 4 is 13.8 Å². The van der Waals surface area contributed by atoms with Crippen LogP contribution in [0, 0.1) is 13.8 Å². The van der Waals surface area contributed by atoms with Gasteiger partial charge < -0.3 is 0 Å². The van der Waals surface area contributed by atoms with Crippen molar-refractivity contribution in [3.05, 3.63) is 29.3 Å². The van der Waals surface area contributed by atoms with E-state index < -0.39 is 0 Å². The molecule has 0 N–H and O–H groups in total. The third-order valence-electron chi connectivity index (χ3n) is 1.50. The van der Waals surface area contributed by atoms with E-state index in [1.807, 2.05) is 32.0 Å². The molecule has 0 amide bonds. The highest BCUT2D eigenvalue weighted by Gasteiger charge is 2.03. The monoisotopic (exact) mass is 153 g/mol. The van der Waals surface area contributed by atoms with Crippen molar-refractivity contribution in [2.45, 2.75) is 13.8 Å². The third-order valence-corrected chi connectivity index (χ3v) is 2.26. The summed E-state index contributed by atoms with van der Waals surface area (Å²) in [4.78, 5) is 0. The van der Waals surface area contributed by atoms with E-state index in [1.54, 1.807) is 0 Å². The quantitative estimate of drug-likeness (QED) is 0.563. The summed E-state index contributed by atoms with van der Waals surface area (Å²) in [5.74, 6) is 0. The van der Waals surface area contributed by atoms with E-state index in [4.69, 9.17) is 0 Å². The molecule has 1 nitrogen and oxygen atoms in total. The zero-order chi connectivity index (χ0) is 7.56. The summed E-state index contributed by atoms with van der Waals surface area (Å²) in [6.45, 7) is 3.97. The van der Waals surface area contributed by atoms with Gasteiger partial charge in [-0.15, -0.1) is 0 Å². The highest BCUT2D eigenvalue weighted by Crippen LogP contribution is 2.05. The fourth-order valence-corrected chi connectivity index (χ4v) is 1.38. The molecule has 0 spiro atoms. The van der Waals surface area contributed by atoms with Crippen LogP contribution in [0.1, 0.15) is 11.1 Å². The Balaban J connectivity index is 3.21. The first-order valence-corrected chi connectivity index (χ1v) is 4.10. The van der Waals surface area contributed by atoms with Gasteiger partial charge in [0.25, 0.3) is 0 Å². The fraction of sp³-hybridized carbons (Fsp3) is 0.250. The summed E-state index contributed by atoms with van der Waals surface area (Å²) in [5, 5.41) is 0.944. The number of benzene rings is 1. The van der Waals surface area contributed by atoms with Gasteiger partial charge in [0.05, 0.1) is 0 Å². The SMILES string of the molecule is Cc1ccc(C)c([PH+]=O)c1. The van der Waals surface area contributed by atoms with Crippen molar-refractivity contribution in [1.82, 2.24) is 0 Å². The Hall–Kier alpha value is -0.680. The average molecular weight is 153 g/mol. The minimum absolute atomic E-state index is 0.325. The predicted molar refractivity (Wildman–Crippen MR) is 44.6 cm³/mol. The number of hydrogen-bond donors (Lipinski definition) is 0. The molecule has 0 aliphatic rings. The van der Waals surface area contributed by atoms with E-state index >= 15 is 0 Å². The van der Waals surface area contributed by atoms with E-state index in [-0.39, 0.29) is 8.46 Å². The lowest BCUT2D eigenvalue weighted by Crippen LogP contribution is -1.96. The van der Waals surface area contributed by atoms with Gasteiger partial charge in [-0.25, -0.2) is 0 Å². The van der Waals surface area contributed by atoms with Crippen molar-refractivity contribution in [2.24, 2.45) is 0 Å².